The van der Waals surface area contributed by atoms with Crippen LogP contribution in [0.25, 0.3) is 11.5 Å². The molecule has 0 N–H and O–H groups in total. The van der Waals surface area contributed by atoms with Crippen LogP contribution in [0.3, 0.4) is 0 Å². The lowest BCUT2D eigenvalue weighted by Crippen LogP contribution is -1.85. The predicted molar refractivity (Wildman–Crippen MR) is 68.8 cm³/mol. The van der Waals surface area contributed by atoms with E-state index in [1.54, 1.807) is 18.2 Å². The quantitative estimate of drug-likeness (QED) is 0.792. The standard InChI is InChI=1S/C11H9Cl3N2O/c12-5-1-2-10-15-16-11(17-10)7-3-4-8(13)9(14)6-7/h3-4,6H,1-2,5H2. The molecule has 0 bridgehead atoms. The van der Waals surface area contributed by atoms with Gasteiger partial charge in [-0.25, -0.2) is 0 Å². The number of alkyl halides is 1. The number of halogens is 3. The zero-order valence-corrected chi connectivity index (χ0v) is 11.1. The van der Waals surface area contributed by atoms with E-state index in [4.69, 9.17) is 39.2 Å². The molecule has 0 spiro atoms. The van der Waals surface area contributed by atoms with Crippen molar-refractivity contribution in [3.63, 3.8) is 0 Å². The van der Waals surface area contributed by atoms with Crippen molar-refractivity contribution in [2.24, 2.45) is 0 Å². The van der Waals surface area contributed by atoms with Gasteiger partial charge < -0.3 is 4.42 Å². The summed E-state index contributed by atoms with van der Waals surface area (Å²) < 4.78 is 5.48. The van der Waals surface area contributed by atoms with Crippen LogP contribution in [-0.2, 0) is 6.42 Å². The van der Waals surface area contributed by atoms with Gasteiger partial charge in [0.25, 0.3) is 0 Å². The van der Waals surface area contributed by atoms with Gasteiger partial charge >= 0.3 is 0 Å². The van der Waals surface area contributed by atoms with Crippen molar-refractivity contribution in [1.82, 2.24) is 10.2 Å². The minimum Gasteiger partial charge on any atom is -0.421 e. The van der Waals surface area contributed by atoms with Crippen LogP contribution in [0.4, 0.5) is 0 Å². The van der Waals surface area contributed by atoms with E-state index < -0.39 is 0 Å². The van der Waals surface area contributed by atoms with Gasteiger partial charge in [0.15, 0.2) is 0 Å². The van der Waals surface area contributed by atoms with Crippen molar-refractivity contribution in [3.8, 4) is 11.5 Å². The Morgan fingerprint density at radius 3 is 2.65 bits per heavy atom. The molecule has 0 unspecified atom stereocenters. The van der Waals surface area contributed by atoms with Crippen LogP contribution in [0.2, 0.25) is 10.0 Å². The number of aromatic nitrogens is 2. The molecule has 0 saturated carbocycles. The zero-order chi connectivity index (χ0) is 12.3. The first-order chi connectivity index (χ1) is 8.20. The summed E-state index contributed by atoms with van der Waals surface area (Å²) in [6, 6.07) is 5.18. The van der Waals surface area contributed by atoms with Crippen molar-refractivity contribution in [1.29, 1.82) is 0 Å². The Labute approximate surface area is 114 Å². The highest BCUT2D eigenvalue weighted by atomic mass is 35.5. The second-order valence-corrected chi connectivity index (χ2v) is 4.61. The molecular weight excluding hydrogens is 282 g/mol. The first kappa shape index (κ1) is 12.7. The van der Waals surface area contributed by atoms with E-state index in [1.165, 1.54) is 0 Å². The summed E-state index contributed by atoms with van der Waals surface area (Å²) in [6.07, 6.45) is 1.49. The normalized spacial score (nSPS) is 10.8. The maximum atomic E-state index is 5.91. The van der Waals surface area contributed by atoms with Crippen molar-refractivity contribution in [3.05, 3.63) is 34.1 Å². The average molecular weight is 292 g/mol. The first-order valence-corrected chi connectivity index (χ1v) is 6.33. The molecule has 0 fully saturated rings. The third kappa shape index (κ3) is 3.12. The molecule has 0 amide bonds. The van der Waals surface area contributed by atoms with E-state index in [2.05, 4.69) is 10.2 Å². The molecular formula is C11H9Cl3N2O. The molecule has 0 aliphatic carbocycles. The number of hydrogen-bond donors (Lipinski definition) is 0. The van der Waals surface area contributed by atoms with Gasteiger partial charge in [0.1, 0.15) is 0 Å². The summed E-state index contributed by atoms with van der Waals surface area (Å²) in [5, 5.41) is 8.84. The third-order valence-electron chi connectivity index (χ3n) is 2.16. The number of benzene rings is 1. The van der Waals surface area contributed by atoms with Crippen LogP contribution < -0.4 is 0 Å². The average Bonchev–Trinajstić information content (AvgIpc) is 2.79. The minimum absolute atomic E-state index is 0.438. The molecule has 0 aliphatic heterocycles. The molecule has 1 aromatic heterocycles. The van der Waals surface area contributed by atoms with E-state index in [-0.39, 0.29) is 0 Å². The molecule has 0 radical (unpaired) electrons. The van der Waals surface area contributed by atoms with Gasteiger partial charge in [-0.05, 0) is 24.6 Å². The van der Waals surface area contributed by atoms with Crippen LogP contribution in [0.15, 0.2) is 22.6 Å². The van der Waals surface area contributed by atoms with Crippen LogP contribution in [0.1, 0.15) is 12.3 Å². The molecule has 17 heavy (non-hydrogen) atoms. The SMILES string of the molecule is ClCCCc1nnc(-c2ccc(Cl)c(Cl)c2)o1. The van der Waals surface area contributed by atoms with Crippen LogP contribution in [0.5, 0.6) is 0 Å². The van der Waals surface area contributed by atoms with Gasteiger partial charge in [-0.3, -0.25) is 0 Å². The molecule has 1 aromatic carbocycles. The van der Waals surface area contributed by atoms with E-state index in [9.17, 15) is 0 Å². The number of rotatable bonds is 4. The van der Waals surface area contributed by atoms with Gasteiger partial charge in [0.05, 0.1) is 10.0 Å². The van der Waals surface area contributed by atoms with Crippen LogP contribution in [0, 0.1) is 0 Å². The summed E-state index contributed by atoms with van der Waals surface area (Å²) >= 11 is 17.3. The minimum atomic E-state index is 0.438. The number of hydrogen-bond acceptors (Lipinski definition) is 3. The van der Waals surface area contributed by atoms with E-state index in [0.717, 1.165) is 12.0 Å². The fraction of sp³-hybridized carbons (Fsp3) is 0.273. The fourth-order valence-electron chi connectivity index (χ4n) is 1.32. The topological polar surface area (TPSA) is 38.9 Å². The summed E-state index contributed by atoms with van der Waals surface area (Å²) in [4.78, 5) is 0. The highest BCUT2D eigenvalue weighted by molar-refractivity contribution is 6.42. The largest absolute Gasteiger partial charge is 0.421 e. The highest BCUT2D eigenvalue weighted by Gasteiger charge is 2.09. The van der Waals surface area contributed by atoms with Crippen LogP contribution in [-0.4, -0.2) is 16.1 Å². The Morgan fingerprint density at radius 2 is 1.94 bits per heavy atom. The summed E-state index contributed by atoms with van der Waals surface area (Å²) in [7, 11) is 0. The molecule has 3 nitrogen and oxygen atoms in total. The van der Waals surface area contributed by atoms with E-state index >= 15 is 0 Å². The van der Waals surface area contributed by atoms with Crippen LogP contribution >= 0.6 is 34.8 Å². The Morgan fingerprint density at radius 1 is 1.12 bits per heavy atom. The predicted octanol–water partition coefficient (Wildman–Crippen LogP) is 4.21. The molecule has 6 heteroatoms. The zero-order valence-electron chi connectivity index (χ0n) is 8.79. The van der Waals surface area contributed by atoms with Gasteiger partial charge in [0, 0.05) is 17.9 Å². The molecule has 1 heterocycles. The van der Waals surface area contributed by atoms with Crippen molar-refractivity contribution >= 4 is 34.8 Å². The van der Waals surface area contributed by atoms with Gasteiger partial charge in [-0.1, -0.05) is 23.2 Å². The molecule has 0 aliphatic rings. The second-order valence-electron chi connectivity index (χ2n) is 3.42. The summed E-state index contributed by atoms with van der Waals surface area (Å²) in [5.41, 5.74) is 0.754. The third-order valence-corrected chi connectivity index (χ3v) is 3.16. The molecule has 90 valence electrons. The Balaban J connectivity index is 2.21. The molecule has 0 atom stereocenters. The number of aryl methyl sites for hydroxylation is 1. The lowest BCUT2D eigenvalue weighted by Gasteiger charge is -1.97. The maximum absolute atomic E-state index is 5.91. The van der Waals surface area contributed by atoms with Crippen molar-refractivity contribution < 1.29 is 4.42 Å². The van der Waals surface area contributed by atoms with E-state index in [1.807, 2.05) is 0 Å². The lowest BCUT2D eigenvalue weighted by molar-refractivity contribution is 0.502. The smallest absolute Gasteiger partial charge is 0.247 e. The lowest BCUT2D eigenvalue weighted by atomic mass is 10.2. The summed E-state index contributed by atoms with van der Waals surface area (Å²) in [5.74, 6) is 1.59. The molecule has 2 rings (SSSR count). The molecule has 0 saturated heterocycles. The summed E-state index contributed by atoms with van der Waals surface area (Å²) in [6.45, 7) is 0. The Hall–Kier alpha value is -0.770. The highest BCUT2D eigenvalue weighted by Crippen LogP contribution is 2.27. The second kappa shape index (κ2) is 5.71. The molecule has 2 aromatic rings. The first-order valence-electron chi connectivity index (χ1n) is 5.04. The van der Waals surface area contributed by atoms with Gasteiger partial charge in [-0.15, -0.1) is 21.8 Å². The maximum Gasteiger partial charge on any atom is 0.247 e. The van der Waals surface area contributed by atoms with E-state index in [0.29, 0.717) is 34.1 Å². The van der Waals surface area contributed by atoms with Gasteiger partial charge in [-0.2, -0.15) is 0 Å². The van der Waals surface area contributed by atoms with Crippen molar-refractivity contribution in [2.45, 2.75) is 12.8 Å². The fourth-order valence-corrected chi connectivity index (χ4v) is 1.75. The number of nitrogens with zero attached hydrogens (tertiary/aromatic N) is 2. The Bertz CT molecular complexity index is 513. The van der Waals surface area contributed by atoms with Crippen molar-refractivity contribution in [2.75, 3.05) is 5.88 Å². The Kier molecular flexibility index (Phi) is 4.26. The van der Waals surface area contributed by atoms with Gasteiger partial charge in [0.2, 0.25) is 11.8 Å². The monoisotopic (exact) mass is 290 g/mol.